The largest absolute Gasteiger partial charge is 0.456 e. The first-order valence-electron chi connectivity index (χ1n) is 9.10. The Kier molecular flexibility index (Phi) is 5.91. The predicted octanol–water partition coefficient (Wildman–Crippen LogP) is 4.29. The van der Waals surface area contributed by atoms with Crippen LogP contribution in [0.1, 0.15) is 29.5 Å². The topological polar surface area (TPSA) is 71.2 Å². The average molecular weight is 364 g/mol. The van der Waals surface area contributed by atoms with Crippen molar-refractivity contribution >= 4 is 28.5 Å². The Bertz CT molecular complexity index is 939. The summed E-state index contributed by atoms with van der Waals surface area (Å²) in [5, 5.41) is 3.94. The first kappa shape index (κ1) is 18.7. The molecule has 3 aromatic rings. The average Bonchev–Trinajstić information content (AvgIpc) is 3.02. The molecular weight excluding hydrogens is 340 g/mol. The van der Waals surface area contributed by atoms with Gasteiger partial charge in [-0.15, -0.1) is 0 Å². The third kappa shape index (κ3) is 5.20. The molecule has 3 rings (SSSR count). The smallest absolute Gasteiger partial charge is 0.306 e. The van der Waals surface area contributed by atoms with E-state index >= 15 is 0 Å². The van der Waals surface area contributed by atoms with Crippen molar-refractivity contribution in [3.8, 4) is 0 Å². The summed E-state index contributed by atoms with van der Waals surface area (Å²) in [6.07, 6.45) is 3.73. The Morgan fingerprint density at radius 3 is 2.59 bits per heavy atom. The number of rotatable bonds is 7. The molecule has 0 fully saturated rings. The van der Waals surface area contributed by atoms with Gasteiger partial charge in [0.15, 0.2) is 6.61 Å². The molecule has 2 aromatic carbocycles. The molecule has 1 amide bonds. The number of hydrogen-bond donors (Lipinski definition) is 2. The highest BCUT2D eigenvalue weighted by Crippen LogP contribution is 2.19. The Balaban J connectivity index is 1.41. The maximum absolute atomic E-state index is 12.0. The zero-order chi connectivity index (χ0) is 19.2. The van der Waals surface area contributed by atoms with Crippen molar-refractivity contribution in [3.05, 3.63) is 65.4 Å². The van der Waals surface area contributed by atoms with Gasteiger partial charge in [0.05, 0.1) is 0 Å². The molecule has 2 N–H and O–H groups in total. The molecule has 1 aromatic heterocycles. The summed E-state index contributed by atoms with van der Waals surface area (Å²) in [6.45, 7) is 3.67. The van der Waals surface area contributed by atoms with Crippen molar-refractivity contribution in [2.75, 3.05) is 11.9 Å². The number of carbonyl (C=O) groups is 2. The third-order valence-electron chi connectivity index (χ3n) is 4.37. The van der Waals surface area contributed by atoms with Gasteiger partial charge in [0, 0.05) is 29.2 Å². The van der Waals surface area contributed by atoms with E-state index in [-0.39, 0.29) is 24.9 Å². The van der Waals surface area contributed by atoms with Crippen LogP contribution in [-0.2, 0) is 20.7 Å². The quantitative estimate of drug-likeness (QED) is 0.614. The van der Waals surface area contributed by atoms with Crippen LogP contribution in [0.4, 0.5) is 5.69 Å². The first-order valence-corrected chi connectivity index (χ1v) is 9.10. The maximum Gasteiger partial charge on any atom is 0.306 e. The molecule has 27 heavy (non-hydrogen) atoms. The summed E-state index contributed by atoms with van der Waals surface area (Å²) in [5.74, 6) is -0.685. The summed E-state index contributed by atoms with van der Waals surface area (Å²) in [6, 6.07) is 13.9. The summed E-state index contributed by atoms with van der Waals surface area (Å²) < 4.78 is 5.08. The van der Waals surface area contributed by atoms with Gasteiger partial charge in [0.2, 0.25) is 0 Å². The number of para-hydroxylation sites is 1. The highest BCUT2D eigenvalue weighted by atomic mass is 16.5. The fourth-order valence-corrected chi connectivity index (χ4v) is 3.22. The number of aryl methyl sites for hydroxylation is 3. The number of fused-ring (bicyclic) bond motifs is 1. The molecule has 5 nitrogen and oxygen atoms in total. The Morgan fingerprint density at radius 1 is 1.07 bits per heavy atom. The number of ether oxygens (including phenoxy) is 1. The van der Waals surface area contributed by atoms with Gasteiger partial charge in [-0.05, 0) is 61.6 Å². The van der Waals surface area contributed by atoms with E-state index < -0.39 is 0 Å². The lowest BCUT2D eigenvalue weighted by Gasteiger charge is -2.08. The van der Waals surface area contributed by atoms with E-state index in [9.17, 15) is 9.59 Å². The van der Waals surface area contributed by atoms with Crippen LogP contribution < -0.4 is 5.32 Å². The van der Waals surface area contributed by atoms with Gasteiger partial charge >= 0.3 is 5.97 Å². The number of anilines is 1. The van der Waals surface area contributed by atoms with Crippen LogP contribution >= 0.6 is 0 Å². The summed E-state index contributed by atoms with van der Waals surface area (Å²) in [5.41, 5.74) is 5.14. The molecule has 0 bridgehead atoms. The molecule has 0 aliphatic rings. The molecule has 140 valence electrons. The second kappa shape index (κ2) is 8.54. The summed E-state index contributed by atoms with van der Waals surface area (Å²) in [7, 11) is 0. The Labute approximate surface area is 158 Å². The number of nitrogens with one attached hydrogen (secondary N) is 2. The zero-order valence-electron chi connectivity index (χ0n) is 15.7. The Morgan fingerprint density at radius 2 is 1.81 bits per heavy atom. The van der Waals surface area contributed by atoms with Crippen LogP contribution in [0.5, 0.6) is 0 Å². The van der Waals surface area contributed by atoms with Crippen LogP contribution in [0.15, 0.2) is 48.7 Å². The van der Waals surface area contributed by atoms with Crippen molar-refractivity contribution < 1.29 is 14.3 Å². The van der Waals surface area contributed by atoms with Gasteiger partial charge in [-0.1, -0.05) is 24.3 Å². The number of hydrogen-bond acceptors (Lipinski definition) is 3. The zero-order valence-corrected chi connectivity index (χ0v) is 15.7. The predicted molar refractivity (Wildman–Crippen MR) is 107 cm³/mol. The van der Waals surface area contributed by atoms with E-state index in [1.807, 2.05) is 56.4 Å². The highest BCUT2D eigenvalue weighted by Gasteiger charge is 2.09. The Hall–Kier alpha value is -3.08. The molecule has 5 heteroatoms. The van der Waals surface area contributed by atoms with Gasteiger partial charge < -0.3 is 15.0 Å². The molecule has 0 saturated carbocycles. The minimum absolute atomic E-state index is 0.265. The minimum atomic E-state index is -0.356. The second-order valence-corrected chi connectivity index (χ2v) is 6.80. The molecule has 0 unspecified atom stereocenters. The lowest BCUT2D eigenvalue weighted by atomic mass is 10.1. The van der Waals surface area contributed by atoms with Crippen LogP contribution in [0.25, 0.3) is 10.9 Å². The van der Waals surface area contributed by atoms with E-state index in [0.717, 1.165) is 23.1 Å². The van der Waals surface area contributed by atoms with Gasteiger partial charge in [0.25, 0.3) is 5.91 Å². The van der Waals surface area contributed by atoms with E-state index in [1.165, 1.54) is 10.9 Å². The maximum atomic E-state index is 12.0. The van der Waals surface area contributed by atoms with Crippen molar-refractivity contribution in [1.82, 2.24) is 4.98 Å². The number of H-pyrrole nitrogens is 1. The van der Waals surface area contributed by atoms with E-state index in [1.54, 1.807) is 0 Å². The van der Waals surface area contributed by atoms with Gasteiger partial charge in [-0.2, -0.15) is 0 Å². The fraction of sp³-hybridized carbons (Fsp3) is 0.273. The number of benzene rings is 2. The standard InChI is InChI=1S/C22H24N2O3/c1-15-10-16(2)12-18(11-15)24-21(25)14-27-22(26)9-5-6-17-13-23-20-8-4-3-7-19(17)20/h3-4,7-8,10-13,23H,5-6,9,14H2,1-2H3,(H,24,25). The number of amides is 1. The highest BCUT2D eigenvalue weighted by molar-refractivity contribution is 5.93. The molecule has 0 spiro atoms. The number of aromatic nitrogens is 1. The lowest BCUT2D eigenvalue weighted by molar-refractivity contribution is -0.147. The van der Waals surface area contributed by atoms with Crippen molar-refractivity contribution in [2.24, 2.45) is 0 Å². The first-order chi connectivity index (χ1) is 13.0. The molecule has 0 aliphatic carbocycles. The molecule has 1 heterocycles. The normalized spacial score (nSPS) is 10.7. The van der Waals surface area contributed by atoms with E-state index in [4.69, 9.17) is 4.74 Å². The van der Waals surface area contributed by atoms with Crippen molar-refractivity contribution in [1.29, 1.82) is 0 Å². The second-order valence-electron chi connectivity index (χ2n) is 6.80. The number of carbonyl (C=O) groups excluding carboxylic acids is 2. The van der Waals surface area contributed by atoms with Gasteiger partial charge in [0.1, 0.15) is 0 Å². The lowest BCUT2D eigenvalue weighted by Crippen LogP contribution is -2.21. The number of esters is 1. The van der Waals surface area contributed by atoms with E-state index in [2.05, 4.69) is 16.4 Å². The minimum Gasteiger partial charge on any atom is -0.456 e. The molecule has 0 aliphatic heterocycles. The summed E-state index contributed by atoms with van der Waals surface area (Å²) in [4.78, 5) is 27.1. The van der Waals surface area contributed by atoms with Gasteiger partial charge in [-0.3, -0.25) is 9.59 Å². The monoisotopic (exact) mass is 364 g/mol. The van der Waals surface area contributed by atoms with Crippen molar-refractivity contribution in [3.63, 3.8) is 0 Å². The van der Waals surface area contributed by atoms with Gasteiger partial charge in [-0.25, -0.2) is 0 Å². The number of aromatic amines is 1. The molecule has 0 saturated heterocycles. The van der Waals surface area contributed by atoms with E-state index in [0.29, 0.717) is 12.1 Å². The summed E-state index contributed by atoms with van der Waals surface area (Å²) >= 11 is 0. The van der Waals surface area contributed by atoms with Crippen molar-refractivity contribution in [2.45, 2.75) is 33.1 Å². The van der Waals surface area contributed by atoms with Crippen LogP contribution in [0.3, 0.4) is 0 Å². The third-order valence-corrected chi connectivity index (χ3v) is 4.37. The SMILES string of the molecule is Cc1cc(C)cc(NC(=O)COC(=O)CCCc2c[nH]c3ccccc23)c1. The van der Waals surface area contributed by atoms with Crippen LogP contribution in [0, 0.1) is 13.8 Å². The van der Waals surface area contributed by atoms with Crippen LogP contribution in [-0.4, -0.2) is 23.5 Å². The molecule has 0 atom stereocenters. The molecular formula is C22H24N2O3. The van der Waals surface area contributed by atoms with Crippen LogP contribution in [0.2, 0.25) is 0 Å². The molecule has 0 radical (unpaired) electrons. The fourth-order valence-electron chi connectivity index (χ4n) is 3.22.